The number of hydrogen-bond acceptors (Lipinski definition) is 5. The van der Waals surface area contributed by atoms with Crippen molar-refractivity contribution in [2.24, 2.45) is 0 Å². The molecule has 1 aromatic rings. The maximum absolute atomic E-state index is 12.2. The molecule has 1 aromatic heterocycles. The molecule has 2 heterocycles. The van der Waals surface area contributed by atoms with E-state index in [1.54, 1.807) is 0 Å². The summed E-state index contributed by atoms with van der Waals surface area (Å²) >= 11 is 1.45. The molecule has 0 unspecified atom stereocenters. The van der Waals surface area contributed by atoms with Gasteiger partial charge in [0.25, 0.3) is 0 Å². The van der Waals surface area contributed by atoms with E-state index in [0.29, 0.717) is 26.1 Å². The van der Waals surface area contributed by atoms with Gasteiger partial charge in [-0.3, -0.25) is 0 Å². The lowest BCUT2D eigenvalue weighted by molar-refractivity contribution is 0.0981. The van der Waals surface area contributed by atoms with E-state index in [-0.39, 0.29) is 18.4 Å². The molecule has 0 radical (unpaired) electrons. The van der Waals surface area contributed by atoms with Gasteiger partial charge in [0, 0.05) is 30.2 Å². The van der Waals surface area contributed by atoms with Gasteiger partial charge in [0.15, 0.2) is 0 Å². The molecule has 0 atom stereocenters. The lowest BCUT2D eigenvalue weighted by Crippen LogP contribution is -2.37. The third kappa shape index (κ3) is 4.04. The van der Waals surface area contributed by atoms with Crippen molar-refractivity contribution in [2.75, 3.05) is 19.8 Å². The van der Waals surface area contributed by atoms with Crippen LogP contribution in [0.3, 0.4) is 0 Å². The van der Waals surface area contributed by atoms with Crippen molar-refractivity contribution in [3.8, 4) is 11.8 Å². The molecule has 0 aliphatic carbocycles. The van der Waals surface area contributed by atoms with E-state index in [1.807, 2.05) is 11.4 Å². The number of thiophene rings is 1. The van der Waals surface area contributed by atoms with Crippen LogP contribution < -0.4 is 4.72 Å². The van der Waals surface area contributed by atoms with Crippen LogP contribution in [-0.2, 0) is 21.3 Å². The first-order valence-corrected chi connectivity index (χ1v) is 8.78. The Bertz CT molecular complexity index is 591. The largest absolute Gasteiger partial charge is 0.384 e. The van der Waals surface area contributed by atoms with Gasteiger partial charge in [-0.15, -0.1) is 11.3 Å². The van der Waals surface area contributed by atoms with Crippen LogP contribution in [0, 0.1) is 11.8 Å². The standard InChI is InChI=1S/C13H17NO4S2/c15-6-1-2-11-5-9-19-13(11)10-14-20(16,17)12-3-7-18-8-4-12/h5,9,12,14-15H,3-4,6-8,10H2. The fourth-order valence-electron chi connectivity index (χ4n) is 1.99. The van der Waals surface area contributed by atoms with Crippen molar-refractivity contribution in [3.05, 3.63) is 21.9 Å². The van der Waals surface area contributed by atoms with E-state index in [0.717, 1.165) is 10.4 Å². The zero-order valence-electron chi connectivity index (χ0n) is 11.0. The third-order valence-corrected chi connectivity index (χ3v) is 5.91. The van der Waals surface area contributed by atoms with Gasteiger partial charge in [0.1, 0.15) is 6.61 Å². The smallest absolute Gasteiger partial charge is 0.214 e. The fourth-order valence-corrected chi connectivity index (χ4v) is 4.25. The van der Waals surface area contributed by atoms with Crippen molar-refractivity contribution in [2.45, 2.75) is 24.6 Å². The lowest BCUT2D eigenvalue weighted by atomic mass is 10.2. The maximum Gasteiger partial charge on any atom is 0.214 e. The number of aliphatic hydroxyl groups excluding tert-OH is 1. The van der Waals surface area contributed by atoms with Crippen LogP contribution in [0.25, 0.3) is 0 Å². The highest BCUT2D eigenvalue weighted by Gasteiger charge is 2.27. The van der Waals surface area contributed by atoms with E-state index in [4.69, 9.17) is 9.84 Å². The van der Waals surface area contributed by atoms with Gasteiger partial charge in [-0.1, -0.05) is 11.8 Å². The maximum atomic E-state index is 12.2. The first-order chi connectivity index (χ1) is 9.63. The van der Waals surface area contributed by atoms with E-state index >= 15 is 0 Å². The molecule has 0 bridgehead atoms. The van der Waals surface area contributed by atoms with E-state index in [1.165, 1.54) is 11.3 Å². The molecule has 1 aliphatic heterocycles. The normalized spacial score (nSPS) is 16.6. The highest BCUT2D eigenvalue weighted by Crippen LogP contribution is 2.18. The zero-order chi connectivity index (χ0) is 14.4. The summed E-state index contributed by atoms with van der Waals surface area (Å²) in [7, 11) is -3.32. The summed E-state index contributed by atoms with van der Waals surface area (Å²) in [5.41, 5.74) is 0.763. The minimum absolute atomic E-state index is 0.205. The molecular weight excluding hydrogens is 298 g/mol. The second-order valence-corrected chi connectivity index (χ2v) is 7.44. The van der Waals surface area contributed by atoms with Crippen molar-refractivity contribution < 1.29 is 18.3 Å². The number of sulfonamides is 1. The number of hydrogen-bond donors (Lipinski definition) is 2. The van der Waals surface area contributed by atoms with Crippen LogP contribution in [0.1, 0.15) is 23.3 Å². The summed E-state index contributed by atoms with van der Waals surface area (Å²) in [6.07, 6.45) is 1.08. The van der Waals surface area contributed by atoms with Crippen LogP contribution in [0.5, 0.6) is 0 Å². The molecule has 5 nitrogen and oxygen atoms in total. The average Bonchev–Trinajstić information content (AvgIpc) is 2.91. The molecule has 0 saturated carbocycles. The van der Waals surface area contributed by atoms with E-state index in [2.05, 4.69) is 16.6 Å². The van der Waals surface area contributed by atoms with Crippen LogP contribution in [0.2, 0.25) is 0 Å². The van der Waals surface area contributed by atoms with Crippen molar-refractivity contribution in [1.29, 1.82) is 0 Å². The molecule has 2 N–H and O–H groups in total. The van der Waals surface area contributed by atoms with Crippen molar-refractivity contribution in [3.63, 3.8) is 0 Å². The Morgan fingerprint density at radius 1 is 1.45 bits per heavy atom. The number of ether oxygens (including phenoxy) is 1. The van der Waals surface area contributed by atoms with Gasteiger partial charge in [0.05, 0.1) is 5.25 Å². The Kier molecular flexibility index (Phi) is 5.57. The molecule has 0 aromatic carbocycles. The number of rotatable bonds is 4. The first kappa shape index (κ1) is 15.5. The first-order valence-electron chi connectivity index (χ1n) is 6.36. The van der Waals surface area contributed by atoms with Gasteiger partial charge in [-0.05, 0) is 24.3 Å². The summed E-state index contributed by atoms with van der Waals surface area (Å²) in [4.78, 5) is 0.863. The predicted octanol–water partition coefficient (Wildman–Crippen LogP) is 0.690. The Labute approximate surface area is 123 Å². The molecule has 1 saturated heterocycles. The third-order valence-electron chi connectivity index (χ3n) is 3.09. The molecule has 7 heteroatoms. The molecule has 0 amide bonds. The fraction of sp³-hybridized carbons (Fsp3) is 0.538. The molecule has 0 spiro atoms. The Morgan fingerprint density at radius 3 is 2.90 bits per heavy atom. The van der Waals surface area contributed by atoms with Gasteiger partial charge < -0.3 is 9.84 Å². The van der Waals surface area contributed by atoms with Crippen molar-refractivity contribution >= 4 is 21.4 Å². The summed E-state index contributed by atoms with van der Waals surface area (Å²) in [5, 5.41) is 10.2. The molecule has 1 fully saturated rings. The summed E-state index contributed by atoms with van der Waals surface area (Å²) in [5.74, 6) is 5.38. The monoisotopic (exact) mass is 315 g/mol. The minimum atomic E-state index is -3.32. The zero-order valence-corrected chi connectivity index (χ0v) is 12.6. The van der Waals surface area contributed by atoms with Gasteiger partial charge in [0.2, 0.25) is 10.0 Å². The van der Waals surface area contributed by atoms with Crippen LogP contribution in [0.4, 0.5) is 0 Å². The Hall–Kier alpha value is -0.910. The van der Waals surface area contributed by atoms with Crippen LogP contribution in [0.15, 0.2) is 11.4 Å². The quantitative estimate of drug-likeness (QED) is 0.802. The summed E-state index contributed by atoms with van der Waals surface area (Å²) in [6, 6.07) is 1.82. The van der Waals surface area contributed by atoms with E-state index < -0.39 is 10.0 Å². The predicted molar refractivity (Wildman–Crippen MR) is 77.9 cm³/mol. The number of nitrogens with one attached hydrogen (secondary N) is 1. The van der Waals surface area contributed by atoms with Gasteiger partial charge in [-0.2, -0.15) is 0 Å². The molecule has 20 heavy (non-hydrogen) atoms. The highest BCUT2D eigenvalue weighted by atomic mass is 32.2. The van der Waals surface area contributed by atoms with E-state index in [9.17, 15) is 8.42 Å². The molecule has 2 rings (SSSR count). The summed E-state index contributed by atoms with van der Waals surface area (Å²) in [6.45, 7) is 1.03. The summed E-state index contributed by atoms with van der Waals surface area (Å²) < 4.78 is 32.2. The molecule has 1 aliphatic rings. The van der Waals surface area contributed by atoms with Crippen molar-refractivity contribution in [1.82, 2.24) is 4.72 Å². The second kappa shape index (κ2) is 7.20. The SMILES string of the molecule is O=S(=O)(NCc1sccc1C#CCO)C1CCOCC1. The van der Waals surface area contributed by atoms with Gasteiger partial charge >= 0.3 is 0 Å². The Morgan fingerprint density at radius 2 is 2.20 bits per heavy atom. The second-order valence-electron chi connectivity index (χ2n) is 4.40. The average molecular weight is 315 g/mol. The van der Waals surface area contributed by atoms with Crippen LogP contribution in [-0.4, -0.2) is 38.6 Å². The minimum Gasteiger partial charge on any atom is -0.384 e. The number of aliphatic hydroxyl groups is 1. The lowest BCUT2D eigenvalue weighted by Gasteiger charge is -2.22. The molecule has 110 valence electrons. The highest BCUT2D eigenvalue weighted by molar-refractivity contribution is 7.90. The van der Waals surface area contributed by atoms with Crippen LogP contribution >= 0.6 is 11.3 Å². The molecular formula is C13H17NO4S2. The van der Waals surface area contributed by atoms with Gasteiger partial charge in [-0.25, -0.2) is 13.1 Å². The Balaban J connectivity index is 1.99. The topological polar surface area (TPSA) is 75.6 Å².